The maximum Gasteiger partial charge on any atom is 0.187 e. The molecular weight excluding hydrogens is 608 g/mol. The van der Waals surface area contributed by atoms with Crippen molar-refractivity contribution in [1.29, 1.82) is 0 Å². The summed E-state index contributed by atoms with van der Waals surface area (Å²) in [5, 5.41) is 114. The van der Waals surface area contributed by atoms with Crippen LogP contribution in [0.2, 0.25) is 0 Å². The SMILES string of the molecule is COC1CC(C2[OH+]C3CC(O)CC(OC4OC(CO)C(O)C(O)C4O)C3CC2OC2OC(CO)C(O)C(O)C2O)CC(O)C1O. The van der Waals surface area contributed by atoms with Gasteiger partial charge in [0.25, 0.3) is 0 Å². The van der Waals surface area contributed by atoms with E-state index in [-0.39, 0.29) is 25.7 Å². The van der Waals surface area contributed by atoms with Crippen LogP contribution < -0.4 is 0 Å². The van der Waals surface area contributed by atoms with Crippen molar-refractivity contribution in [3.63, 3.8) is 0 Å². The number of fused-ring (bicyclic) bond motifs is 1. The molecule has 0 radical (unpaired) electrons. The Labute approximate surface area is 259 Å². The first kappa shape index (κ1) is 35.6. The molecule has 0 amide bonds. The Kier molecular flexibility index (Phi) is 11.7. The molecule has 262 valence electrons. The van der Waals surface area contributed by atoms with Crippen molar-refractivity contribution in [1.82, 2.24) is 0 Å². The van der Waals surface area contributed by atoms with Crippen LogP contribution in [-0.4, -0.2) is 191 Å². The van der Waals surface area contributed by atoms with Crippen LogP contribution in [0.1, 0.15) is 32.1 Å². The van der Waals surface area contributed by atoms with Gasteiger partial charge in [-0.15, -0.1) is 0 Å². The molecule has 3 aliphatic heterocycles. The molecule has 0 aromatic carbocycles. The number of rotatable bonds is 8. The van der Waals surface area contributed by atoms with Crippen LogP contribution in [-0.2, 0) is 23.7 Å². The van der Waals surface area contributed by atoms with Crippen molar-refractivity contribution < 1.29 is 84.6 Å². The van der Waals surface area contributed by atoms with Crippen LogP contribution >= 0.6 is 0 Å². The summed E-state index contributed by atoms with van der Waals surface area (Å²) >= 11 is 0. The topological polar surface area (TPSA) is 281 Å². The average Bonchev–Trinajstić information content (AvgIpc) is 3.02. The second-order valence-corrected chi connectivity index (χ2v) is 13.0. The number of ether oxygens (including phenoxy) is 6. The zero-order chi connectivity index (χ0) is 32.7. The number of aliphatic hydroxyl groups excluding tert-OH is 11. The molecule has 3 heterocycles. The van der Waals surface area contributed by atoms with E-state index in [4.69, 9.17) is 28.4 Å². The fraction of sp³-hybridized carbons (Fsp3) is 1.00. The first-order valence-corrected chi connectivity index (χ1v) is 15.6. The lowest BCUT2D eigenvalue weighted by Crippen LogP contribution is -2.64. The van der Waals surface area contributed by atoms with Gasteiger partial charge < -0.3 is 84.6 Å². The van der Waals surface area contributed by atoms with Gasteiger partial charge in [-0.1, -0.05) is 0 Å². The Bertz CT molecular complexity index is 943. The number of hydrogen-bond donors (Lipinski definition) is 11. The molecule has 0 aromatic rings. The van der Waals surface area contributed by atoms with E-state index in [2.05, 4.69) is 0 Å². The summed E-state index contributed by atoms with van der Waals surface area (Å²) in [4.78, 5) is 0. The van der Waals surface area contributed by atoms with Crippen molar-refractivity contribution in [3.8, 4) is 0 Å². The average molecular weight is 658 g/mol. The van der Waals surface area contributed by atoms with E-state index in [0.29, 0.717) is 6.42 Å². The van der Waals surface area contributed by atoms with Crippen molar-refractivity contribution in [2.45, 2.75) is 142 Å². The summed E-state index contributed by atoms with van der Waals surface area (Å²) in [6.45, 7) is -1.32. The smallest absolute Gasteiger partial charge is 0.187 e. The predicted molar refractivity (Wildman–Crippen MR) is 146 cm³/mol. The Morgan fingerprint density at radius 3 is 1.69 bits per heavy atom. The molecule has 17 nitrogen and oxygen atoms in total. The van der Waals surface area contributed by atoms with Crippen molar-refractivity contribution in [2.24, 2.45) is 11.8 Å². The van der Waals surface area contributed by atoms with E-state index in [1.54, 1.807) is 0 Å². The minimum absolute atomic E-state index is 0.0865. The van der Waals surface area contributed by atoms with Gasteiger partial charge in [-0.05, 0) is 19.3 Å². The third-order valence-corrected chi connectivity index (χ3v) is 10.2. The van der Waals surface area contributed by atoms with Gasteiger partial charge in [-0.2, -0.15) is 0 Å². The highest BCUT2D eigenvalue weighted by Crippen LogP contribution is 2.44. The lowest BCUT2D eigenvalue weighted by molar-refractivity contribution is -0.368. The number of hydrogen-bond acceptors (Lipinski definition) is 16. The normalized spacial score (nSPS) is 54.4. The minimum Gasteiger partial charge on any atom is -0.427 e. The van der Waals surface area contributed by atoms with Crippen molar-refractivity contribution in [2.75, 3.05) is 20.3 Å². The Morgan fingerprint density at radius 2 is 1.16 bits per heavy atom. The summed E-state index contributed by atoms with van der Waals surface area (Å²) in [5.41, 5.74) is 0. The largest absolute Gasteiger partial charge is 0.427 e. The zero-order valence-electron chi connectivity index (χ0n) is 24.9. The first-order chi connectivity index (χ1) is 21.4. The third-order valence-electron chi connectivity index (χ3n) is 10.2. The highest BCUT2D eigenvalue weighted by atomic mass is 16.7. The standard InChI is InChI=1S/C28H48O17/c1-40-15-3-9(2-12(32)19(15)33)26-16(43-28-25(39)23(37)21(35)18(8-30)45-28)6-11-13(41-26)4-10(31)5-14(11)42-27-24(38)22(36)20(34)17(7-29)44-27/h9-39H,2-8H2,1H3/p+1. The fourth-order valence-electron chi connectivity index (χ4n) is 7.61. The molecule has 0 bridgehead atoms. The first-order valence-electron chi connectivity index (χ1n) is 15.6. The van der Waals surface area contributed by atoms with E-state index < -0.39 is 135 Å². The van der Waals surface area contributed by atoms with Gasteiger partial charge in [0, 0.05) is 25.9 Å². The van der Waals surface area contributed by atoms with Crippen LogP contribution in [0.5, 0.6) is 0 Å². The van der Waals surface area contributed by atoms with Gasteiger partial charge >= 0.3 is 0 Å². The van der Waals surface area contributed by atoms with E-state index in [1.165, 1.54) is 7.11 Å². The van der Waals surface area contributed by atoms with E-state index in [0.717, 1.165) is 0 Å². The summed E-state index contributed by atoms with van der Waals surface area (Å²) in [7, 11) is 1.41. The maximum absolute atomic E-state index is 10.8. The molecule has 45 heavy (non-hydrogen) atoms. The van der Waals surface area contributed by atoms with E-state index in [1.807, 2.05) is 0 Å². The monoisotopic (exact) mass is 657 g/mol. The quantitative estimate of drug-likeness (QED) is 0.108. The Hall–Kier alpha value is -0.680. The van der Waals surface area contributed by atoms with Crippen LogP contribution in [0.3, 0.4) is 0 Å². The van der Waals surface area contributed by atoms with Gasteiger partial charge in [-0.25, -0.2) is 0 Å². The number of methoxy groups -OCH3 is 1. The Balaban J connectivity index is 1.40. The molecule has 5 fully saturated rings. The molecule has 0 spiro atoms. The molecule has 2 aliphatic carbocycles. The van der Waals surface area contributed by atoms with Gasteiger partial charge in [-0.3, -0.25) is 0 Å². The molecule has 20 atom stereocenters. The van der Waals surface area contributed by atoms with Gasteiger partial charge in [0.05, 0.1) is 43.5 Å². The zero-order valence-corrected chi connectivity index (χ0v) is 24.9. The summed E-state index contributed by atoms with van der Waals surface area (Å²) < 4.78 is 34.0. The maximum atomic E-state index is 10.8. The minimum atomic E-state index is -1.69. The van der Waals surface area contributed by atoms with Crippen LogP contribution in [0, 0.1) is 11.8 Å². The molecule has 2 saturated carbocycles. The van der Waals surface area contributed by atoms with Crippen molar-refractivity contribution in [3.05, 3.63) is 0 Å². The lowest BCUT2D eigenvalue weighted by Gasteiger charge is -2.50. The molecule has 5 rings (SSSR count). The van der Waals surface area contributed by atoms with E-state index in [9.17, 15) is 56.2 Å². The van der Waals surface area contributed by atoms with Crippen LogP contribution in [0.25, 0.3) is 0 Å². The highest BCUT2D eigenvalue weighted by molar-refractivity contribution is 5.01. The van der Waals surface area contributed by atoms with Gasteiger partial charge in [0.15, 0.2) is 24.8 Å². The molecule has 3 saturated heterocycles. The molecule has 12 N–H and O–H groups in total. The molecule has 0 aromatic heterocycles. The molecule has 5 aliphatic rings. The summed E-state index contributed by atoms with van der Waals surface area (Å²) in [6.07, 6.45) is -21.1. The highest BCUT2D eigenvalue weighted by Gasteiger charge is 2.57. The molecule has 20 unspecified atom stereocenters. The fourth-order valence-corrected chi connectivity index (χ4v) is 7.61. The van der Waals surface area contributed by atoms with Crippen LogP contribution in [0.15, 0.2) is 0 Å². The summed E-state index contributed by atoms with van der Waals surface area (Å²) in [6, 6.07) is 0. The van der Waals surface area contributed by atoms with E-state index >= 15 is 0 Å². The second kappa shape index (κ2) is 14.8. The Morgan fingerprint density at radius 1 is 0.600 bits per heavy atom. The van der Waals surface area contributed by atoms with Crippen LogP contribution in [0.4, 0.5) is 0 Å². The van der Waals surface area contributed by atoms with Gasteiger partial charge in [0.1, 0.15) is 61.0 Å². The van der Waals surface area contributed by atoms with Crippen molar-refractivity contribution >= 4 is 0 Å². The molecule has 17 heteroatoms. The summed E-state index contributed by atoms with van der Waals surface area (Å²) in [5.74, 6) is -0.877. The lowest BCUT2D eigenvalue weighted by atomic mass is 9.72. The number of aliphatic hydroxyl groups is 13. The second-order valence-electron chi connectivity index (χ2n) is 13.0. The third kappa shape index (κ3) is 7.20. The van der Waals surface area contributed by atoms with Gasteiger partial charge in [0.2, 0.25) is 0 Å². The molecular formula is C28H49O17+. The predicted octanol–water partition coefficient (Wildman–Crippen LogP) is -6.06.